The number of carbonyl (C=O) groups is 1. The zero-order chi connectivity index (χ0) is 22.2. The highest BCUT2D eigenvalue weighted by Crippen LogP contribution is 2.13. The Kier molecular flexibility index (Phi) is 8.21. The van der Waals surface area contributed by atoms with E-state index in [4.69, 9.17) is 4.74 Å². The minimum Gasteiger partial charge on any atom is -0.459 e. The quantitative estimate of drug-likeness (QED) is 0.380. The van der Waals surface area contributed by atoms with Crippen molar-refractivity contribution >= 4 is 16.0 Å². The van der Waals surface area contributed by atoms with Crippen LogP contribution in [0.15, 0.2) is 41.6 Å². The number of sulfonamides is 1. The number of benzene rings is 1. The van der Waals surface area contributed by atoms with Crippen molar-refractivity contribution in [2.45, 2.75) is 69.9 Å². The Morgan fingerprint density at radius 3 is 2.53 bits per heavy atom. The molecule has 1 heterocycles. The third-order valence-corrected chi connectivity index (χ3v) is 5.57. The molecule has 0 radical (unpaired) electrons. The van der Waals surface area contributed by atoms with Gasteiger partial charge in [0.05, 0.1) is 4.90 Å². The van der Waals surface area contributed by atoms with Gasteiger partial charge in [-0.15, -0.1) is 0 Å². The van der Waals surface area contributed by atoms with Crippen LogP contribution in [0, 0.1) is 11.8 Å². The Morgan fingerprint density at radius 1 is 1.23 bits per heavy atom. The summed E-state index contributed by atoms with van der Waals surface area (Å²) in [6.45, 7) is 6.64. The van der Waals surface area contributed by atoms with E-state index in [1.807, 2.05) is 6.20 Å². The fourth-order valence-electron chi connectivity index (χ4n) is 2.56. The fraction of sp³-hybridized carbons (Fsp3) is 0.455. The first-order chi connectivity index (χ1) is 14.1. The maximum Gasteiger partial charge on any atom is 0.324 e. The van der Waals surface area contributed by atoms with E-state index >= 15 is 0 Å². The lowest BCUT2D eigenvalue weighted by Gasteiger charge is -2.22. The average Bonchev–Trinajstić information content (AvgIpc) is 3.16. The lowest BCUT2D eigenvalue weighted by atomic mass is 10.1. The molecule has 2 rings (SSSR count). The van der Waals surface area contributed by atoms with Crippen molar-refractivity contribution in [3.05, 3.63) is 48.0 Å². The number of aromatic nitrogens is 2. The van der Waals surface area contributed by atoms with E-state index in [1.165, 1.54) is 19.1 Å². The summed E-state index contributed by atoms with van der Waals surface area (Å²) in [5.41, 5.74) is 0.0516. The van der Waals surface area contributed by atoms with Crippen molar-refractivity contribution < 1.29 is 17.9 Å². The van der Waals surface area contributed by atoms with Crippen molar-refractivity contribution in [1.82, 2.24) is 14.7 Å². The number of H-pyrrole nitrogens is 1. The predicted octanol–water partition coefficient (Wildman–Crippen LogP) is 3.18. The van der Waals surface area contributed by atoms with E-state index in [2.05, 4.69) is 26.5 Å². The molecule has 0 saturated carbocycles. The number of nitrogens with one attached hydrogen (secondary N) is 2. The number of ether oxygens (including phenoxy) is 1. The van der Waals surface area contributed by atoms with Gasteiger partial charge in [0.15, 0.2) is 0 Å². The lowest BCUT2D eigenvalue weighted by Crippen LogP contribution is -2.42. The number of imidazole rings is 1. The molecular formula is C22H29N3O4S. The third-order valence-electron chi connectivity index (χ3n) is 4.01. The number of rotatable bonds is 8. The number of carbonyl (C=O) groups excluding carboxylic acids is 1. The Balaban J connectivity index is 1.86. The van der Waals surface area contributed by atoms with Crippen LogP contribution in [0.4, 0.5) is 0 Å². The zero-order valence-corrected chi connectivity index (χ0v) is 18.7. The van der Waals surface area contributed by atoms with E-state index < -0.39 is 27.6 Å². The minimum atomic E-state index is -3.84. The molecule has 30 heavy (non-hydrogen) atoms. The van der Waals surface area contributed by atoms with Gasteiger partial charge in [0.2, 0.25) is 10.0 Å². The Labute approximate surface area is 178 Å². The molecular weight excluding hydrogens is 402 g/mol. The third kappa shape index (κ3) is 8.01. The standard InChI is InChI=1S/C22H29N3O4S/c1-17(21(26)29-22(2,3)4)25-30(27,28)19-13-11-18(12-14-19)9-7-5-6-8-10-20-23-15-16-24-20/h11-17,25H,5-6,8,10H2,1-4H3,(H,23,24)/t17-/m1/s1. The molecule has 8 heteroatoms. The van der Waals surface area contributed by atoms with Crippen LogP contribution in [0.25, 0.3) is 0 Å². The molecule has 0 spiro atoms. The normalized spacial score (nSPS) is 12.7. The van der Waals surface area contributed by atoms with Crippen LogP contribution in [0.5, 0.6) is 0 Å². The van der Waals surface area contributed by atoms with E-state index in [0.29, 0.717) is 0 Å². The highest BCUT2D eigenvalue weighted by molar-refractivity contribution is 7.89. The molecule has 0 aliphatic heterocycles. The number of aromatic amines is 1. The van der Waals surface area contributed by atoms with Crippen LogP contribution in [0.2, 0.25) is 0 Å². The van der Waals surface area contributed by atoms with Crippen molar-refractivity contribution in [3.63, 3.8) is 0 Å². The number of unbranched alkanes of at least 4 members (excludes halogenated alkanes) is 2. The highest BCUT2D eigenvalue weighted by Gasteiger charge is 2.26. The second-order valence-electron chi connectivity index (χ2n) is 7.95. The first-order valence-electron chi connectivity index (χ1n) is 9.89. The summed E-state index contributed by atoms with van der Waals surface area (Å²) in [5.74, 6) is 6.50. The van der Waals surface area contributed by atoms with E-state index in [1.54, 1.807) is 39.1 Å². The maximum absolute atomic E-state index is 12.5. The topological polar surface area (TPSA) is 101 Å². The molecule has 7 nitrogen and oxygen atoms in total. The molecule has 0 bridgehead atoms. The summed E-state index contributed by atoms with van der Waals surface area (Å²) in [6.07, 6.45) is 7.18. The van der Waals surface area contributed by atoms with Gasteiger partial charge in [-0.1, -0.05) is 11.8 Å². The first kappa shape index (κ1) is 23.6. The maximum atomic E-state index is 12.5. The molecule has 1 aromatic heterocycles. The zero-order valence-electron chi connectivity index (χ0n) is 17.9. The molecule has 0 unspecified atom stereocenters. The summed E-state index contributed by atoms with van der Waals surface area (Å²) in [4.78, 5) is 19.3. The summed E-state index contributed by atoms with van der Waals surface area (Å²) in [6, 6.07) is 5.27. The number of esters is 1. The molecule has 2 N–H and O–H groups in total. The second kappa shape index (κ2) is 10.4. The lowest BCUT2D eigenvalue weighted by molar-refractivity contribution is -0.156. The molecule has 1 atom stereocenters. The fourth-order valence-corrected chi connectivity index (χ4v) is 3.75. The number of hydrogen-bond acceptors (Lipinski definition) is 5. The van der Waals surface area contributed by atoms with Crippen LogP contribution in [0.3, 0.4) is 0 Å². The summed E-state index contributed by atoms with van der Waals surface area (Å²) < 4.78 is 32.5. The van der Waals surface area contributed by atoms with Gasteiger partial charge in [0, 0.05) is 30.8 Å². The smallest absolute Gasteiger partial charge is 0.324 e. The molecule has 0 aliphatic carbocycles. The van der Waals surface area contributed by atoms with Gasteiger partial charge in [-0.05, 0) is 64.8 Å². The number of hydrogen-bond donors (Lipinski definition) is 2. The van der Waals surface area contributed by atoms with Crippen LogP contribution in [0.1, 0.15) is 58.3 Å². The molecule has 0 fully saturated rings. The van der Waals surface area contributed by atoms with Crippen LogP contribution in [-0.4, -0.2) is 36.0 Å². The van der Waals surface area contributed by atoms with Crippen LogP contribution < -0.4 is 4.72 Å². The van der Waals surface area contributed by atoms with Crippen molar-refractivity contribution in [2.24, 2.45) is 0 Å². The number of aryl methyl sites for hydroxylation is 1. The first-order valence-corrected chi connectivity index (χ1v) is 11.4. The van der Waals surface area contributed by atoms with E-state index in [0.717, 1.165) is 37.1 Å². The van der Waals surface area contributed by atoms with Gasteiger partial charge in [0.1, 0.15) is 17.5 Å². The van der Waals surface area contributed by atoms with Gasteiger partial charge in [-0.25, -0.2) is 13.4 Å². The minimum absolute atomic E-state index is 0.0712. The predicted molar refractivity (Wildman–Crippen MR) is 115 cm³/mol. The van der Waals surface area contributed by atoms with Crippen LogP contribution >= 0.6 is 0 Å². The van der Waals surface area contributed by atoms with E-state index in [9.17, 15) is 13.2 Å². The molecule has 1 aromatic carbocycles. The largest absolute Gasteiger partial charge is 0.459 e. The van der Waals surface area contributed by atoms with Gasteiger partial charge in [-0.3, -0.25) is 4.79 Å². The van der Waals surface area contributed by atoms with E-state index in [-0.39, 0.29) is 4.90 Å². The van der Waals surface area contributed by atoms with Crippen molar-refractivity contribution in [2.75, 3.05) is 0 Å². The van der Waals surface area contributed by atoms with Gasteiger partial charge in [0.25, 0.3) is 0 Å². The molecule has 2 aromatic rings. The second-order valence-corrected chi connectivity index (χ2v) is 9.66. The molecule has 0 aliphatic rings. The summed E-state index contributed by atoms with van der Waals surface area (Å²) >= 11 is 0. The monoisotopic (exact) mass is 431 g/mol. The van der Waals surface area contributed by atoms with Crippen LogP contribution in [-0.2, 0) is 26.0 Å². The Morgan fingerprint density at radius 2 is 1.93 bits per heavy atom. The van der Waals surface area contributed by atoms with Gasteiger partial charge in [-0.2, -0.15) is 4.72 Å². The molecule has 162 valence electrons. The highest BCUT2D eigenvalue weighted by atomic mass is 32.2. The van der Waals surface area contributed by atoms with Gasteiger partial charge >= 0.3 is 5.97 Å². The summed E-state index contributed by atoms with van der Waals surface area (Å²) in [5, 5.41) is 0. The molecule has 0 amide bonds. The van der Waals surface area contributed by atoms with Gasteiger partial charge < -0.3 is 9.72 Å². The Bertz CT molecular complexity index is 980. The Hall–Kier alpha value is -2.63. The van der Waals surface area contributed by atoms with Crippen molar-refractivity contribution in [3.8, 4) is 11.8 Å². The number of nitrogens with zero attached hydrogens (tertiary/aromatic N) is 1. The summed E-state index contributed by atoms with van der Waals surface area (Å²) in [7, 11) is -3.84. The van der Waals surface area contributed by atoms with Crippen molar-refractivity contribution in [1.29, 1.82) is 0 Å². The molecule has 0 saturated heterocycles. The SMILES string of the molecule is C[C@@H](NS(=O)(=O)c1ccc(C#CCCCCc2ncc[nH]2)cc1)C(=O)OC(C)(C)C. The average molecular weight is 432 g/mol.